The molecule has 30 heavy (non-hydrogen) atoms. The maximum Gasteiger partial charge on any atom is 0.246 e. The van der Waals surface area contributed by atoms with Gasteiger partial charge in [-0.2, -0.15) is 0 Å². The van der Waals surface area contributed by atoms with Crippen molar-refractivity contribution in [1.82, 2.24) is 20.2 Å². The molecular formula is C23H28N4O2S. The van der Waals surface area contributed by atoms with Gasteiger partial charge in [-0.3, -0.25) is 9.59 Å². The van der Waals surface area contributed by atoms with Crippen LogP contribution in [-0.2, 0) is 16.1 Å². The number of unbranched alkanes of at least 4 members (excludes halogenated alkanes) is 2. The first kappa shape index (κ1) is 21.9. The lowest BCUT2D eigenvalue weighted by molar-refractivity contribution is -0.127. The second-order valence-electron chi connectivity index (χ2n) is 7.06. The number of thioether (sulfide) groups is 1. The number of carbonyl (C=O) groups is 2. The Balaban J connectivity index is 1.71. The van der Waals surface area contributed by atoms with Crippen LogP contribution in [0.25, 0.3) is 11.0 Å². The fourth-order valence-corrected chi connectivity index (χ4v) is 4.17. The van der Waals surface area contributed by atoms with Gasteiger partial charge in [0.05, 0.1) is 16.8 Å². The van der Waals surface area contributed by atoms with Gasteiger partial charge in [0.15, 0.2) is 5.16 Å². The van der Waals surface area contributed by atoms with E-state index in [1.54, 1.807) is 7.05 Å². The zero-order valence-electron chi connectivity index (χ0n) is 17.4. The van der Waals surface area contributed by atoms with Crippen LogP contribution in [0.1, 0.15) is 37.8 Å². The van der Waals surface area contributed by atoms with Gasteiger partial charge in [0.2, 0.25) is 11.8 Å². The average Bonchev–Trinajstić information content (AvgIpc) is 3.14. The number of hydrogen-bond donors (Lipinski definition) is 2. The molecule has 1 unspecified atom stereocenters. The van der Waals surface area contributed by atoms with Crippen LogP contribution in [0.2, 0.25) is 0 Å². The second kappa shape index (κ2) is 10.8. The highest BCUT2D eigenvalue weighted by atomic mass is 32.2. The lowest BCUT2D eigenvalue weighted by Crippen LogP contribution is -2.39. The highest BCUT2D eigenvalue weighted by Gasteiger charge is 2.22. The van der Waals surface area contributed by atoms with Gasteiger partial charge in [-0.1, -0.05) is 74.0 Å². The number of likely N-dealkylation sites (N-methyl/N-ethyl adjacent to an activating group) is 1. The van der Waals surface area contributed by atoms with E-state index in [-0.39, 0.29) is 17.6 Å². The Hall–Kier alpha value is -2.80. The molecule has 0 aliphatic heterocycles. The van der Waals surface area contributed by atoms with Gasteiger partial charge in [-0.05, 0) is 24.1 Å². The summed E-state index contributed by atoms with van der Waals surface area (Å²) in [6.07, 6.45) is 3.38. The van der Waals surface area contributed by atoms with Crippen LogP contribution in [-0.4, -0.2) is 34.2 Å². The molecule has 1 heterocycles. The first-order chi connectivity index (χ1) is 14.6. The number of benzene rings is 2. The molecule has 7 heteroatoms. The van der Waals surface area contributed by atoms with Crippen molar-refractivity contribution in [2.45, 2.75) is 43.9 Å². The summed E-state index contributed by atoms with van der Waals surface area (Å²) in [5, 5.41) is 6.30. The van der Waals surface area contributed by atoms with Crippen molar-refractivity contribution in [3.63, 3.8) is 0 Å². The van der Waals surface area contributed by atoms with Crippen LogP contribution in [0.5, 0.6) is 0 Å². The number of hydrogen-bond acceptors (Lipinski definition) is 4. The molecule has 1 atom stereocenters. The molecule has 6 nitrogen and oxygen atoms in total. The Labute approximate surface area is 181 Å². The molecule has 1 aromatic heterocycles. The van der Waals surface area contributed by atoms with Crippen molar-refractivity contribution in [3.8, 4) is 0 Å². The lowest BCUT2D eigenvalue weighted by Gasteiger charge is -2.17. The third-order valence-corrected chi connectivity index (χ3v) is 5.86. The van der Waals surface area contributed by atoms with E-state index in [2.05, 4.69) is 28.2 Å². The molecule has 0 aliphatic carbocycles. The van der Waals surface area contributed by atoms with E-state index in [1.807, 2.05) is 48.5 Å². The number of carbonyl (C=O) groups excluding carboxylic acids is 2. The summed E-state index contributed by atoms with van der Waals surface area (Å²) in [6, 6.07) is 16.6. The van der Waals surface area contributed by atoms with E-state index in [1.165, 1.54) is 11.8 Å². The van der Waals surface area contributed by atoms with E-state index >= 15 is 0 Å². The number of para-hydroxylation sites is 2. The van der Waals surface area contributed by atoms with Gasteiger partial charge in [0.25, 0.3) is 0 Å². The first-order valence-corrected chi connectivity index (χ1v) is 11.3. The molecule has 0 saturated heterocycles. The van der Waals surface area contributed by atoms with Crippen molar-refractivity contribution in [2.75, 3.05) is 12.8 Å². The molecule has 0 fully saturated rings. The van der Waals surface area contributed by atoms with Crippen LogP contribution in [0.4, 0.5) is 0 Å². The van der Waals surface area contributed by atoms with Gasteiger partial charge in [0.1, 0.15) is 6.04 Å². The molecule has 3 aromatic rings. The second-order valence-corrected chi connectivity index (χ2v) is 8.00. The highest BCUT2D eigenvalue weighted by Crippen LogP contribution is 2.25. The molecule has 2 N–H and O–H groups in total. The van der Waals surface area contributed by atoms with Gasteiger partial charge in [0, 0.05) is 13.6 Å². The summed E-state index contributed by atoms with van der Waals surface area (Å²) >= 11 is 1.40. The number of nitrogens with zero attached hydrogens (tertiary/aromatic N) is 2. The standard InChI is InChI=1S/C23H28N4O2S/c1-3-4-10-15-27-19-14-9-8-13-18(19)25-23(27)30-16-20(28)26-21(22(29)24-2)17-11-6-5-7-12-17/h5-9,11-14,21H,3-4,10,15-16H2,1-2H3,(H,24,29)(H,26,28). The normalized spacial score (nSPS) is 11.9. The van der Waals surface area contributed by atoms with Crippen molar-refractivity contribution in [1.29, 1.82) is 0 Å². The van der Waals surface area contributed by atoms with Gasteiger partial charge in [-0.25, -0.2) is 4.98 Å². The maximum atomic E-state index is 12.7. The number of fused-ring (bicyclic) bond motifs is 1. The third-order valence-electron chi connectivity index (χ3n) is 4.88. The molecule has 0 radical (unpaired) electrons. The van der Waals surface area contributed by atoms with Gasteiger partial charge in [-0.15, -0.1) is 0 Å². The van der Waals surface area contributed by atoms with Crippen LogP contribution in [0.3, 0.4) is 0 Å². The number of aryl methyl sites for hydroxylation is 1. The van der Waals surface area contributed by atoms with Gasteiger partial charge >= 0.3 is 0 Å². The van der Waals surface area contributed by atoms with E-state index in [0.29, 0.717) is 0 Å². The zero-order chi connectivity index (χ0) is 21.3. The SMILES string of the molecule is CCCCCn1c(SCC(=O)NC(C(=O)NC)c2ccccc2)nc2ccccc21. The largest absolute Gasteiger partial charge is 0.357 e. The molecule has 0 saturated carbocycles. The fourth-order valence-electron chi connectivity index (χ4n) is 3.32. The first-order valence-electron chi connectivity index (χ1n) is 10.3. The van der Waals surface area contributed by atoms with E-state index in [0.717, 1.165) is 47.6 Å². The molecule has 0 spiro atoms. The van der Waals surface area contributed by atoms with Gasteiger partial charge < -0.3 is 15.2 Å². The Morgan fingerprint density at radius 2 is 1.80 bits per heavy atom. The monoisotopic (exact) mass is 424 g/mol. The Kier molecular flexibility index (Phi) is 7.90. The predicted molar refractivity (Wildman–Crippen MR) is 121 cm³/mol. The number of rotatable bonds is 10. The van der Waals surface area contributed by atoms with E-state index in [9.17, 15) is 9.59 Å². The minimum Gasteiger partial charge on any atom is -0.357 e. The summed E-state index contributed by atoms with van der Waals surface area (Å²) in [7, 11) is 1.57. The fraction of sp³-hybridized carbons (Fsp3) is 0.348. The average molecular weight is 425 g/mol. The van der Waals surface area contributed by atoms with Crippen molar-refractivity contribution in [3.05, 3.63) is 60.2 Å². The summed E-state index contributed by atoms with van der Waals surface area (Å²) in [6.45, 7) is 3.06. The quantitative estimate of drug-likeness (QED) is 0.382. The summed E-state index contributed by atoms with van der Waals surface area (Å²) in [4.78, 5) is 29.7. The topological polar surface area (TPSA) is 76.0 Å². The molecule has 2 amide bonds. The summed E-state index contributed by atoms with van der Waals surface area (Å²) in [5.41, 5.74) is 2.77. The number of imidazole rings is 1. The van der Waals surface area contributed by atoms with Crippen LogP contribution in [0, 0.1) is 0 Å². The van der Waals surface area contributed by atoms with Crippen LogP contribution < -0.4 is 10.6 Å². The molecular weight excluding hydrogens is 396 g/mol. The number of aromatic nitrogens is 2. The Bertz CT molecular complexity index is 987. The van der Waals surface area contributed by atoms with Crippen molar-refractivity contribution >= 4 is 34.6 Å². The van der Waals surface area contributed by atoms with Crippen molar-refractivity contribution < 1.29 is 9.59 Å². The van der Waals surface area contributed by atoms with E-state index < -0.39 is 6.04 Å². The molecule has 0 bridgehead atoms. The Morgan fingerprint density at radius 3 is 2.53 bits per heavy atom. The summed E-state index contributed by atoms with van der Waals surface area (Å²) in [5.74, 6) is -0.256. The predicted octanol–water partition coefficient (Wildman–Crippen LogP) is 3.92. The third kappa shape index (κ3) is 5.42. The summed E-state index contributed by atoms with van der Waals surface area (Å²) < 4.78 is 2.19. The highest BCUT2D eigenvalue weighted by molar-refractivity contribution is 7.99. The van der Waals surface area contributed by atoms with Crippen LogP contribution in [0.15, 0.2) is 59.8 Å². The van der Waals surface area contributed by atoms with Crippen molar-refractivity contribution in [2.24, 2.45) is 0 Å². The minimum atomic E-state index is -0.715. The molecule has 3 rings (SSSR count). The smallest absolute Gasteiger partial charge is 0.246 e. The maximum absolute atomic E-state index is 12.7. The molecule has 0 aliphatic rings. The zero-order valence-corrected chi connectivity index (χ0v) is 18.2. The Morgan fingerprint density at radius 1 is 1.07 bits per heavy atom. The molecule has 2 aromatic carbocycles. The lowest BCUT2D eigenvalue weighted by atomic mass is 10.1. The number of nitrogens with one attached hydrogen (secondary N) is 2. The molecule has 158 valence electrons. The van der Waals surface area contributed by atoms with E-state index in [4.69, 9.17) is 4.98 Å². The number of amides is 2. The minimum absolute atomic E-state index is 0.192. The van der Waals surface area contributed by atoms with Crippen LogP contribution >= 0.6 is 11.8 Å².